The maximum Gasteiger partial charge on any atom is 0.164 e. The zero-order valence-electron chi connectivity index (χ0n) is 25.6. The number of nitrogens with zero attached hydrogens (tertiary/aromatic N) is 1. The van der Waals surface area contributed by atoms with E-state index in [1.807, 2.05) is 26.0 Å². The minimum atomic E-state index is -0.422. The Hall–Kier alpha value is -2.86. The summed E-state index contributed by atoms with van der Waals surface area (Å²) in [6, 6.07) is 4.11. The lowest BCUT2D eigenvalue weighted by Crippen LogP contribution is -2.44. The number of ether oxygens (including phenoxy) is 3. The van der Waals surface area contributed by atoms with Crippen LogP contribution < -0.4 is 9.47 Å². The van der Waals surface area contributed by atoms with E-state index in [4.69, 9.17) is 14.2 Å². The van der Waals surface area contributed by atoms with E-state index in [1.54, 1.807) is 7.11 Å². The van der Waals surface area contributed by atoms with Gasteiger partial charge in [-0.1, -0.05) is 39.8 Å². The number of rotatable bonds is 11. The first-order chi connectivity index (χ1) is 19.0. The number of Topliss-reactive ketones (excluding diaryl/α,β-unsaturated/α-hetero) is 2. The number of carbonyl (C=O) groups is 2. The lowest BCUT2D eigenvalue weighted by molar-refractivity contribution is -0.119. The summed E-state index contributed by atoms with van der Waals surface area (Å²) >= 11 is 0. The molecule has 40 heavy (non-hydrogen) atoms. The first kappa shape index (κ1) is 30.1. The molecule has 1 aromatic rings. The number of ketones is 2. The molecule has 3 aliphatic rings. The Morgan fingerprint density at radius 3 is 2.00 bits per heavy atom. The van der Waals surface area contributed by atoms with Crippen molar-refractivity contribution in [2.24, 2.45) is 10.8 Å². The van der Waals surface area contributed by atoms with Gasteiger partial charge in [-0.25, -0.2) is 0 Å². The van der Waals surface area contributed by atoms with Crippen LogP contribution in [0.5, 0.6) is 11.5 Å². The van der Waals surface area contributed by atoms with Gasteiger partial charge in [0.1, 0.15) is 0 Å². The van der Waals surface area contributed by atoms with Gasteiger partial charge in [-0.2, -0.15) is 0 Å². The van der Waals surface area contributed by atoms with Crippen molar-refractivity contribution in [2.45, 2.75) is 86.0 Å². The molecule has 0 saturated heterocycles. The Bertz CT molecular complexity index is 1180. The third-order valence-electron chi connectivity index (χ3n) is 8.19. The largest absolute Gasteiger partial charge is 0.490 e. The molecule has 0 N–H and O–H groups in total. The number of allylic oxidation sites excluding steroid dienone is 5. The van der Waals surface area contributed by atoms with E-state index in [0.29, 0.717) is 50.6 Å². The molecule has 0 atom stereocenters. The van der Waals surface area contributed by atoms with Crippen LogP contribution in [0.4, 0.5) is 0 Å². The number of benzene rings is 1. The average Bonchev–Trinajstić information content (AvgIpc) is 2.85. The van der Waals surface area contributed by atoms with Crippen LogP contribution in [0.1, 0.15) is 90.7 Å². The van der Waals surface area contributed by atoms with Crippen molar-refractivity contribution in [3.8, 4) is 11.5 Å². The first-order valence-electron chi connectivity index (χ1n) is 14.8. The van der Waals surface area contributed by atoms with Crippen molar-refractivity contribution < 1.29 is 23.8 Å². The van der Waals surface area contributed by atoms with Gasteiger partial charge in [0.05, 0.1) is 13.2 Å². The standard InChI is InChI=1S/C34H47NO5/c1-9-13-22-16-23(17-28(39-10-2)32(22)40-11-3)29-30-24(18-33(4,5)20-26(30)36)35(14-12-15-38-8)25-19-34(6,7)21-27(37)31(25)29/h9,16-17,29H,1,10-15,18-21H2,2-8H3. The van der Waals surface area contributed by atoms with Crippen LogP contribution in [-0.2, 0) is 20.7 Å². The van der Waals surface area contributed by atoms with Crippen molar-refractivity contribution in [1.82, 2.24) is 4.90 Å². The van der Waals surface area contributed by atoms with Gasteiger partial charge in [0.2, 0.25) is 0 Å². The fraction of sp³-hybridized carbons (Fsp3) is 0.588. The Morgan fingerprint density at radius 2 is 1.50 bits per heavy atom. The maximum absolute atomic E-state index is 14.1. The minimum Gasteiger partial charge on any atom is -0.490 e. The number of carbonyl (C=O) groups excluding carboxylic acids is 2. The monoisotopic (exact) mass is 549 g/mol. The second-order valence-corrected chi connectivity index (χ2v) is 12.9. The fourth-order valence-electron chi connectivity index (χ4n) is 6.75. The van der Waals surface area contributed by atoms with Crippen molar-refractivity contribution >= 4 is 11.6 Å². The topological polar surface area (TPSA) is 65.1 Å². The molecule has 1 aromatic carbocycles. The molecule has 0 amide bonds. The quantitative estimate of drug-likeness (QED) is 0.220. The van der Waals surface area contributed by atoms with Crippen LogP contribution in [0.2, 0.25) is 0 Å². The number of methoxy groups -OCH3 is 1. The zero-order chi connectivity index (χ0) is 29.2. The summed E-state index contributed by atoms with van der Waals surface area (Å²) < 4.78 is 17.5. The second kappa shape index (κ2) is 11.9. The molecule has 0 spiro atoms. The highest BCUT2D eigenvalue weighted by atomic mass is 16.5. The van der Waals surface area contributed by atoms with Gasteiger partial charge in [-0.3, -0.25) is 9.59 Å². The third-order valence-corrected chi connectivity index (χ3v) is 8.19. The number of hydrogen-bond acceptors (Lipinski definition) is 6. The van der Waals surface area contributed by atoms with E-state index >= 15 is 0 Å². The summed E-state index contributed by atoms with van der Waals surface area (Å²) in [5.41, 5.74) is 5.26. The van der Waals surface area contributed by atoms with E-state index < -0.39 is 5.92 Å². The molecule has 218 valence electrons. The number of hydrogen-bond donors (Lipinski definition) is 0. The predicted molar refractivity (Wildman–Crippen MR) is 159 cm³/mol. The Kier molecular flexibility index (Phi) is 8.99. The van der Waals surface area contributed by atoms with Gasteiger partial charge in [0.25, 0.3) is 0 Å². The lowest BCUT2D eigenvalue weighted by atomic mass is 9.63. The van der Waals surface area contributed by atoms with Gasteiger partial charge in [-0.05, 0) is 62.0 Å². The van der Waals surface area contributed by atoms with Gasteiger partial charge in [-0.15, -0.1) is 6.58 Å². The fourth-order valence-corrected chi connectivity index (χ4v) is 6.75. The molecular weight excluding hydrogens is 502 g/mol. The van der Waals surface area contributed by atoms with E-state index in [1.165, 1.54) is 0 Å². The van der Waals surface area contributed by atoms with Crippen molar-refractivity contribution in [3.63, 3.8) is 0 Å². The normalized spacial score (nSPS) is 20.4. The summed E-state index contributed by atoms with van der Waals surface area (Å²) in [5.74, 6) is 1.20. The molecule has 0 aromatic heterocycles. The molecule has 6 nitrogen and oxygen atoms in total. The Morgan fingerprint density at radius 1 is 0.925 bits per heavy atom. The van der Waals surface area contributed by atoms with Crippen molar-refractivity contribution in [2.75, 3.05) is 33.5 Å². The lowest BCUT2D eigenvalue weighted by Gasteiger charge is -2.49. The predicted octanol–water partition coefficient (Wildman–Crippen LogP) is 6.93. The molecular formula is C34H47NO5. The van der Waals surface area contributed by atoms with Crippen LogP contribution in [-0.4, -0.2) is 49.9 Å². The van der Waals surface area contributed by atoms with Crippen molar-refractivity contribution in [3.05, 3.63) is 58.5 Å². The summed E-state index contributed by atoms with van der Waals surface area (Å²) in [6.45, 7) is 18.9. The van der Waals surface area contributed by atoms with Gasteiger partial charge in [0, 0.05) is 67.1 Å². The molecule has 6 heteroatoms. The van der Waals surface area contributed by atoms with E-state index in [2.05, 4.69) is 45.2 Å². The molecule has 0 bridgehead atoms. The van der Waals surface area contributed by atoms with Crippen LogP contribution >= 0.6 is 0 Å². The third kappa shape index (κ3) is 5.93. The average molecular weight is 550 g/mol. The maximum atomic E-state index is 14.1. The summed E-state index contributed by atoms with van der Waals surface area (Å²) in [7, 11) is 1.71. The zero-order valence-corrected chi connectivity index (χ0v) is 25.6. The van der Waals surface area contributed by atoms with Gasteiger partial charge in [0.15, 0.2) is 23.1 Å². The van der Waals surface area contributed by atoms with Gasteiger partial charge >= 0.3 is 0 Å². The molecule has 0 radical (unpaired) electrons. The van der Waals surface area contributed by atoms with Crippen LogP contribution in [0.3, 0.4) is 0 Å². The molecule has 2 aliphatic carbocycles. The second-order valence-electron chi connectivity index (χ2n) is 12.9. The molecule has 0 saturated carbocycles. The van der Waals surface area contributed by atoms with Crippen LogP contribution in [0.25, 0.3) is 0 Å². The molecule has 4 rings (SSSR count). The van der Waals surface area contributed by atoms with Crippen molar-refractivity contribution in [1.29, 1.82) is 0 Å². The summed E-state index contributed by atoms with van der Waals surface area (Å²) in [5, 5.41) is 0. The van der Waals surface area contributed by atoms with Crippen LogP contribution in [0, 0.1) is 10.8 Å². The van der Waals surface area contributed by atoms with E-state index in [9.17, 15) is 9.59 Å². The Labute approximate surface area is 240 Å². The molecule has 1 heterocycles. The minimum absolute atomic E-state index is 0.134. The van der Waals surface area contributed by atoms with E-state index in [0.717, 1.165) is 59.5 Å². The van der Waals surface area contributed by atoms with Gasteiger partial charge < -0.3 is 19.1 Å². The highest BCUT2D eigenvalue weighted by molar-refractivity contribution is 6.06. The molecule has 1 aliphatic heterocycles. The first-order valence-corrected chi connectivity index (χ1v) is 14.8. The van der Waals surface area contributed by atoms with E-state index in [-0.39, 0.29) is 22.4 Å². The molecule has 0 fully saturated rings. The van der Waals surface area contributed by atoms with Crippen LogP contribution in [0.15, 0.2) is 47.3 Å². The highest BCUT2D eigenvalue weighted by Gasteiger charge is 2.49. The highest BCUT2D eigenvalue weighted by Crippen LogP contribution is 2.55. The Balaban J connectivity index is 2.01. The molecule has 0 unspecified atom stereocenters. The smallest absolute Gasteiger partial charge is 0.164 e. The summed E-state index contributed by atoms with van der Waals surface area (Å²) in [4.78, 5) is 30.5. The SMILES string of the molecule is C=CCc1cc(C2C3=C(CC(C)(C)CC3=O)N(CCCOC)C3=C2C(=O)CC(C)(C)C3)cc(OCC)c1OCC. The summed E-state index contributed by atoms with van der Waals surface area (Å²) in [6.07, 6.45) is 5.78.